The lowest BCUT2D eigenvalue weighted by atomic mass is 9.88. The van der Waals surface area contributed by atoms with Gasteiger partial charge in [-0.2, -0.15) is 0 Å². The topological polar surface area (TPSA) is 25.2 Å². The van der Waals surface area contributed by atoms with Crippen LogP contribution in [0.4, 0.5) is 4.39 Å². The molecule has 116 valence electrons. The van der Waals surface area contributed by atoms with Gasteiger partial charge in [0.2, 0.25) is 0 Å². The first-order chi connectivity index (χ1) is 10.6. The molecule has 2 aromatic rings. The van der Waals surface area contributed by atoms with E-state index >= 15 is 0 Å². The first-order valence-electron chi connectivity index (χ1n) is 8.11. The molecule has 1 aromatic heterocycles. The van der Waals surface area contributed by atoms with Crippen LogP contribution in [0.1, 0.15) is 36.0 Å². The van der Waals surface area contributed by atoms with Gasteiger partial charge in [-0.1, -0.05) is 6.07 Å². The number of alkyl halides is 1. The molecular formula is C18H21FN2O. The number of carbonyl (C=O) groups is 1. The summed E-state index contributed by atoms with van der Waals surface area (Å²) < 4.78 is 16.7. The van der Waals surface area contributed by atoms with E-state index in [1.54, 1.807) is 0 Å². The molecule has 2 heterocycles. The predicted octanol–water partition coefficient (Wildman–Crippen LogP) is 3.53. The molecule has 2 fully saturated rings. The Morgan fingerprint density at radius 2 is 1.95 bits per heavy atom. The zero-order valence-corrected chi connectivity index (χ0v) is 12.9. The van der Waals surface area contributed by atoms with Gasteiger partial charge in [-0.15, -0.1) is 0 Å². The van der Waals surface area contributed by atoms with Crippen molar-refractivity contribution < 1.29 is 9.18 Å². The fraction of sp³-hybridized carbons (Fsp3) is 0.500. The summed E-state index contributed by atoms with van der Waals surface area (Å²) in [6.45, 7) is 1.07. The van der Waals surface area contributed by atoms with Crippen molar-refractivity contribution in [1.29, 1.82) is 0 Å². The monoisotopic (exact) mass is 300 g/mol. The number of fused-ring (bicyclic) bond motifs is 1. The predicted molar refractivity (Wildman–Crippen MR) is 84.6 cm³/mol. The van der Waals surface area contributed by atoms with Crippen LogP contribution in [0.15, 0.2) is 30.5 Å². The van der Waals surface area contributed by atoms with E-state index in [0.717, 1.165) is 29.3 Å². The van der Waals surface area contributed by atoms with Gasteiger partial charge in [-0.25, -0.2) is 4.39 Å². The maximum Gasteiger partial charge on any atom is 0.254 e. The molecule has 1 aromatic carbocycles. The molecule has 1 aliphatic heterocycles. The van der Waals surface area contributed by atoms with Crippen molar-refractivity contribution in [3.63, 3.8) is 0 Å². The fourth-order valence-electron chi connectivity index (χ4n) is 3.75. The Labute approximate surface area is 129 Å². The van der Waals surface area contributed by atoms with Crippen molar-refractivity contribution in [3.05, 3.63) is 36.0 Å². The van der Waals surface area contributed by atoms with Gasteiger partial charge in [0.1, 0.15) is 5.67 Å². The number of halogens is 1. The minimum absolute atomic E-state index is 0.0367. The molecule has 2 aliphatic rings. The van der Waals surface area contributed by atoms with Gasteiger partial charge in [0.05, 0.1) is 0 Å². The highest BCUT2D eigenvalue weighted by atomic mass is 19.1. The first-order valence-corrected chi connectivity index (χ1v) is 8.11. The second-order valence-electron chi connectivity index (χ2n) is 6.77. The number of rotatable bonds is 2. The number of hydrogen-bond acceptors (Lipinski definition) is 1. The smallest absolute Gasteiger partial charge is 0.254 e. The van der Waals surface area contributed by atoms with Gasteiger partial charge in [-0.3, -0.25) is 4.79 Å². The van der Waals surface area contributed by atoms with Crippen LogP contribution in [0.25, 0.3) is 10.9 Å². The molecule has 1 aliphatic carbocycles. The van der Waals surface area contributed by atoms with Gasteiger partial charge in [0.15, 0.2) is 0 Å². The summed E-state index contributed by atoms with van der Waals surface area (Å²) in [7, 11) is 1.98. The normalized spacial score (nSPS) is 21.3. The summed E-state index contributed by atoms with van der Waals surface area (Å²) in [5.41, 5.74) is 0.770. The van der Waals surface area contributed by atoms with Crippen molar-refractivity contribution in [1.82, 2.24) is 9.47 Å². The summed E-state index contributed by atoms with van der Waals surface area (Å²) in [5, 5.41) is 0.981. The van der Waals surface area contributed by atoms with E-state index in [0.29, 0.717) is 25.9 Å². The standard InChI is InChI=1S/C18H21FN2O/c1-20-10-7-14-15(3-2-4-16(14)20)17(22)21-11-8-18(19,9-12-21)13-5-6-13/h2-4,7,10,13H,5-6,8-9,11-12H2,1H3. The van der Waals surface area contributed by atoms with Crippen molar-refractivity contribution in [3.8, 4) is 0 Å². The summed E-state index contributed by atoms with van der Waals surface area (Å²) >= 11 is 0. The van der Waals surface area contributed by atoms with E-state index < -0.39 is 5.67 Å². The molecular weight excluding hydrogens is 279 g/mol. The Morgan fingerprint density at radius 1 is 1.23 bits per heavy atom. The number of piperidine rings is 1. The summed E-state index contributed by atoms with van der Waals surface area (Å²) in [4.78, 5) is 14.6. The minimum Gasteiger partial charge on any atom is -0.351 e. The van der Waals surface area contributed by atoms with Crippen LogP contribution in [0, 0.1) is 5.92 Å². The van der Waals surface area contributed by atoms with Crippen molar-refractivity contribution in [2.45, 2.75) is 31.4 Å². The molecule has 4 rings (SSSR count). The summed E-state index contributed by atoms with van der Waals surface area (Å²) in [6.07, 6.45) is 5.00. The average Bonchev–Trinajstić information content (AvgIpc) is 3.33. The maximum atomic E-state index is 14.7. The number of hydrogen-bond donors (Lipinski definition) is 0. The van der Waals surface area contributed by atoms with Gasteiger partial charge in [0.25, 0.3) is 5.91 Å². The van der Waals surface area contributed by atoms with Crippen LogP contribution in [-0.2, 0) is 7.05 Å². The van der Waals surface area contributed by atoms with Gasteiger partial charge < -0.3 is 9.47 Å². The van der Waals surface area contributed by atoms with E-state index in [-0.39, 0.29) is 11.8 Å². The largest absolute Gasteiger partial charge is 0.351 e. The van der Waals surface area contributed by atoms with E-state index in [1.165, 1.54) is 0 Å². The van der Waals surface area contributed by atoms with Crippen LogP contribution >= 0.6 is 0 Å². The van der Waals surface area contributed by atoms with Crippen molar-refractivity contribution in [2.24, 2.45) is 13.0 Å². The lowest BCUT2D eigenvalue weighted by molar-refractivity contribution is 0.0331. The minimum atomic E-state index is -1.02. The molecule has 0 unspecified atom stereocenters. The lowest BCUT2D eigenvalue weighted by Gasteiger charge is -2.36. The molecule has 22 heavy (non-hydrogen) atoms. The molecule has 0 radical (unpaired) electrons. The number of carbonyl (C=O) groups excluding carboxylic acids is 1. The van der Waals surface area contributed by atoms with Crippen LogP contribution in [0.3, 0.4) is 0 Å². The Balaban J connectivity index is 1.56. The quantitative estimate of drug-likeness (QED) is 0.833. The number of likely N-dealkylation sites (tertiary alicyclic amines) is 1. The SMILES string of the molecule is Cn1ccc2c(C(=O)N3CCC(F)(C4CC4)CC3)cccc21. The Hall–Kier alpha value is -1.84. The maximum absolute atomic E-state index is 14.7. The highest BCUT2D eigenvalue weighted by Crippen LogP contribution is 2.47. The highest BCUT2D eigenvalue weighted by Gasteiger charge is 2.47. The third kappa shape index (κ3) is 2.13. The lowest BCUT2D eigenvalue weighted by Crippen LogP contribution is -2.45. The van der Waals surface area contributed by atoms with Crippen LogP contribution in [0.5, 0.6) is 0 Å². The Kier molecular flexibility index (Phi) is 3.03. The van der Waals surface area contributed by atoms with E-state index in [9.17, 15) is 9.18 Å². The number of aryl methyl sites for hydroxylation is 1. The Morgan fingerprint density at radius 3 is 2.64 bits per heavy atom. The number of aromatic nitrogens is 1. The van der Waals surface area contributed by atoms with Gasteiger partial charge in [0, 0.05) is 42.8 Å². The van der Waals surface area contributed by atoms with Crippen molar-refractivity contribution >= 4 is 16.8 Å². The van der Waals surface area contributed by atoms with Crippen LogP contribution in [-0.4, -0.2) is 34.1 Å². The van der Waals surface area contributed by atoms with Crippen LogP contribution < -0.4 is 0 Å². The van der Waals surface area contributed by atoms with E-state index in [4.69, 9.17) is 0 Å². The molecule has 0 atom stereocenters. The third-order valence-electron chi connectivity index (χ3n) is 5.35. The second-order valence-corrected chi connectivity index (χ2v) is 6.77. The number of nitrogens with zero attached hydrogens (tertiary/aromatic N) is 2. The van der Waals surface area contributed by atoms with Crippen molar-refractivity contribution in [2.75, 3.05) is 13.1 Å². The molecule has 0 N–H and O–H groups in total. The second kappa shape index (κ2) is 4.83. The summed E-state index contributed by atoms with van der Waals surface area (Å²) in [6, 6.07) is 7.80. The molecule has 0 spiro atoms. The third-order valence-corrected chi connectivity index (χ3v) is 5.35. The zero-order valence-electron chi connectivity index (χ0n) is 12.9. The molecule has 3 nitrogen and oxygen atoms in total. The Bertz CT molecular complexity index is 724. The fourth-order valence-corrected chi connectivity index (χ4v) is 3.75. The van der Waals surface area contributed by atoms with Crippen LogP contribution in [0.2, 0.25) is 0 Å². The molecule has 4 heteroatoms. The number of amides is 1. The molecule has 0 bridgehead atoms. The molecule has 1 amide bonds. The highest BCUT2D eigenvalue weighted by molar-refractivity contribution is 6.06. The average molecular weight is 300 g/mol. The first kappa shape index (κ1) is 13.8. The zero-order chi connectivity index (χ0) is 15.3. The van der Waals surface area contributed by atoms with E-state index in [1.807, 2.05) is 47.0 Å². The van der Waals surface area contributed by atoms with Gasteiger partial charge >= 0.3 is 0 Å². The molecule has 1 saturated heterocycles. The number of benzene rings is 1. The summed E-state index contributed by atoms with van der Waals surface area (Å²) in [5.74, 6) is 0.289. The van der Waals surface area contributed by atoms with E-state index in [2.05, 4.69) is 0 Å². The van der Waals surface area contributed by atoms with Gasteiger partial charge in [-0.05, 0) is 49.8 Å². The molecule has 1 saturated carbocycles.